The van der Waals surface area contributed by atoms with Gasteiger partial charge in [0.05, 0.1) is 18.8 Å². The summed E-state index contributed by atoms with van der Waals surface area (Å²) in [7, 11) is 0. The number of hydrogen-bond acceptors (Lipinski definition) is 6. The van der Waals surface area contributed by atoms with Crippen LogP contribution in [0.1, 0.15) is 6.92 Å². The third kappa shape index (κ3) is 3.06. The second-order valence-corrected chi connectivity index (χ2v) is 4.11. The van der Waals surface area contributed by atoms with Crippen LogP contribution in [0.4, 0.5) is 0 Å². The monoisotopic (exact) mass is 247 g/mol. The first-order valence-electron chi connectivity index (χ1n) is 5.35. The van der Waals surface area contributed by atoms with Crippen molar-refractivity contribution in [2.75, 3.05) is 13.2 Å². The standard InChI is InChI=1S/C9H17N3O5/c1-4-5(13)7(15)8(16)9(6(4)14)17-3-2-11-12-10/h4-9,13-16H,2-3H2,1H3/t4-,5-,6+,7+,8-,9+/m1/s1. The Bertz CT molecular complexity index is 280. The van der Waals surface area contributed by atoms with E-state index in [4.69, 9.17) is 10.3 Å². The van der Waals surface area contributed by atoms with Crippen molar-refractivity contribution in [3.8, 4) is 0 Å². The summed E-state index contributed by atoms with van der Waals surface area (Å²) >= 11 is 0. The van der Waals surface area contributed by atoms with Crippen LogP contribution in [-0.2, 0) is 4.74 Å². The molecule has 0 heterocycles. The first-order valence-corrected chi connectivity index (χ1v) is 5.35. The van der Waals surface area contributed by atoms with Crippen LogP contribution in [0, 0.1) is 5.92 Å². The zero-order valence-electron chi connectivity index (χ0n) is 9.42. The first-order chi connectivity index (χ1) is 8.00. The van der Waals surface area contributed by atoms with Crippen LogP contribution in [0.15, 0.2) is 5.11 Å². The quantitative estimate of drug-likeness (QED) is 0.213. The summed E-state index contributed by atoms with van der Waals surface area (Å²) in [6.07, 6.45) is -6.02. The van der Waals surface area contributed by atoms with Gasteiger partial charge in [-0.25, -0.2) is 0 Å². The lowest BCUT2D eigenvalue weighted by Gasteiger charge is -2.42. The molecule has 8 nitrogen and oxygen atoms in total. The number of nitrogens with zero attached hydrogens (tertiary/aromatic N) is 3. The number of aliphatic hydroxyl groups is 4. The van der Waals surface area contributed by atoms with E-state index in [0.29, 0.717) is 0 Å². The molecular weight excluding hydrogens is 230 g/mol. The molecular formula is C9H17N3O5. The number of rotatable bonds is 4. The van der Waals surface area contributed by atoms with Gasteiger partial charge in [-0.2, -0.15) is 0 Å². The van der Waals surface area contributed by atoms with Gasteiger partial charge in [-0.15, -0.1) is 0 Å². The molecule has 1 aliphatic carbocycles. The van der Waals surface area contributed by atoms with Crippen LogP contribution in [0.3, 0.4) is 0 Å². The molecule has 1 rings (SSSR count). The molecule has 0 bridgehead atoms. The topological polar surface area (TPSA) is 139 Å². The number of ether oxygens (including phenoxy) is 1. The van der Waals surface area contributed by atoms with Gasteiger partial charge >= 0.3 is 0 Å². The van der Waals surface area contributed by atoms with Crippen LogP contribution in [-0.4, -0.2) is 64.1 Å². The molecule has 17 heavy (non-hydrogen) atoms. The van der Waals surface area contributed by atoms with Crippen LogP contribution >= 0.6 is 0 Å². The lowest BCUT2D eigenvalue weighted by molar-refractivity contribution is -0.214. The molecule has 6 atom stereocenters. The van der Waals surface area contributed by atoms with Crippen LogP contribution < -0.4 is 0 Å². The van der Waals surface area contributed by atoms with Gasteiger partial charge < -0.3 is 25.2 Å². The van der Waals surface area contributed by atoms with Crippen LogP contribution in [0.25, 0.3) is 10.4 Å². The Labute approximate surface area is 98.1 Å². The minimum absolute atomic E-state index is 0.0262. The van der Waals surface area contributed by atoms with E-state index >= 15 is 0 Å². The van der Waals surface area contributed by atoms with Crippen molar-refractivity contribution in [2.45, 2.75) is 37.4 Å². The normalized spacial score (nSPS) is 41.9. The highest BCUT2D eigenvalue weighted by atomic mass is 16.5. The second-order valence-electron chi connectivity index (χ2n) is 4.11. The Kier molecular flexibility index (Phi) is 5.13. The van der Waals surface area contributed by atoms with E-state index in [1.165, 1.54) is 0 Å². The molecule has 8 heteroatoms. The van der Waals surface area contributed by atoms with E-state index in [0.717, 1.165) is 0 Å². The summed E-state index contributed by atoms with van der Waals surface area (Å²) in [5.41, 5.74) is 8.06. The molecule has 0 spiro atoms. The predicted molar refractivity (Wildman–Crippen MR) is 56.9 cm³/mol. The fraction of sp³-hybridized carbons (Fsp3) is 1.00. The summed E-state index contributed by atoms with van der Waals surface area (Å²) in [5.74, 6) is -0.613. The molecule has 0 saturated heterocycles. The molecule has 0 radical (unpaired) electrons. The van der Waals surface area contributed by atoms with Gasteiger partial charge in [-0.05, 0) is 5.53 Å². The van der Waals surface area contributed by atoms with Gasteiger partial charge in [0, 0.05) is 17.4 Å². The maximum Gasteiger partial charge on any atom is 0.112 e. The van der Waals surface area contributed by atoms with Gasteiger partial charge in [0.1, 0.15) is 18.3 Å². The zero-order chi connectivity index (χ0) is 13.0. The lowest BCUT2D eigenvalue weighted by Crippen LogP contribution is -2.61. The van der Waals surface area contributed by atoms with Crippen molar-refractivity contribution in [1.82, 2.24) is 0 Å². The maximum absolute atomic E-state index is 9.79. The molecule has 0 aromatic rings. The van der Waals surface area contributed by atoms with Crippen molar-refractivity contribution in [3.63, 3.8) is 0 Å². The second kappa shape index (κ2) is 6.15. The highest BCUT2D eigenvalue weighted by Gasteiger charge is 2.47. The predicted octanol–water partition coefficient (Wildman–Crippen LogP) is -1.22. The third-order valence-corrected chi connectivity index (χ3v) is 3.02. The highest BCUT2D eigenvalue weighted by molar-refractivity contribution is 4.97. The molecule has 0 aliphatic heterocycles. The lowest BCUT2D eigenvalue weighted by atomic mass is 9.79. The number of hydrogen-bond donors (Lipinski definition) is 4. The summed E-state index contributed by atoms with van der Waals surface area (Å²) < 4.78 is 5.16. The van der Waals surface area contributed by atoms with Crippen molar-refractivity contribution in [3.05, 3.63) is 10.4 Å². The number of aliphatic hydroxyl groups excluding tert-OH is 4. The molecule has 98 valence electrons. The Morgan fingerprint density at radius 2 is 1.76 bits per heavy atom. The average molecular weight is 247 g/mol. The fourth-order valence-electron chi connectivity index (χ4n) is 1.88. The molecule has 0 unspecified atom stereocenters. The fourth-order valence-corrected chi connectivity index (χ4v) is 1.88. The van der Waals surface area contributed by atoms with E-state index in [1.54, 1.807) is 6.92 Å². The molecule has 1 aliphatic rings. The van der Waals surface area contributed by atoms with Crippen molar-refractivity contribution >= 4 is 0 Å². The van der Waals surface area contributed by atoms with E-state index in [-0.39, 0.29) is 13.2 Å². The summed E-state index contributed by atoms with van der Waals surface area (Å²) in [6.45, 7) is 1.64. The van der Waals surface area contributed by atoms with E-state index in [9.17, 15) is 20.4 Å². The minimum Gasteiger partial charge on any atom is -0.390 e. The first kappa shape index (κ1) is 14.2. The molecule has 0 aromatic carbocycles. The largest absolute Gasteiger partial charge is 0.390 e. The van der Waals surface area contributed by atoms with Crippen molar-refractivity contribution in [2.24, 2.45) is 11.0 Å². The Morgan fingerprint density at radius 1 is 1.12 bits per heavy atom. The van der Waals surface area contributed by atoms with Gasteiger partial charge in [-0.1, -0.05) is 12.0 Å². The Balaban J connectivity index is 2.59. The summed E-state index contributed by atoms with van der Waals surface area (Å²) in [5, 5.41) is 41.7. The zero-order valence-corrected chi connectivity index (χ0v) is 9.42. The van der Waals surface area contributed by atoms with Crippen LogP contribution in [0.2, 0.25) is 0 Å². The van der Waals surface area contributed by atoms with Gasteiger partial charge in [-0.3, -0.25) is 0 Å². The van der Waals surface area contributed by atoms with Gasteiger partial charge in [0.15, 0.2) is 0 Å². The van der Waals surface area contributed by atoms with E-state index in [1.807, 2.05) is 0 Å². The van der Waals surface area contributed by atoms with E-state index < -0.39 is 36.4 Å². The van der Waals surface area contributed by atoms with Crippen LogP contribution in [0.5, 0.6) is 0 Å². The van der Waals surface area contributed by atoms with Gasteiger partial charge in [0.25, 0.3) is 0 Å². The SMILES string of the molecule is C[C@@H]1[C@@H](O)[C@H](O)[C@@H](O)[C@@H](OCCN=[N+]=[N-])[C@H]1O. The molecule has 1 fully saturated rings. The summed E-state index contributed by atoms with van der Waals surface area (Å²) in [6, 6.07) is 0. The molecule has 4 N–H and O–H groups in total. The maximum atomic E-state index is 9.79. The average Bonchev–Trinajstić information content (AvgIpc) is 2.33. The van der Waals surface area contributed by atoms with E-state index in [2.05, 4.69) is 10.0 Å². The molecule has 0 amide bonds. The number of azide groups is 1. The third-order valence-electron chi connectivity index (χ3n) is 3.02. The van der Waals surface area contributed by atoms with Crippen molar-refractivity contribution < 1.29 is 25.2 Å². The van der Waals surface area contributed by atoms with Gasteiger partial charge in [0.2, 0.25) is 0 Å². The molecule has 0 aromatic heterocycles. The smallest absolute Gasteiger partial charge is 0.112 e. The van der Waals surface area contributed by atoms with Crippen molar-refractivity contribution in [1.29, 1.82) is 0 Å². The Morgan fingerprint density at radius 3 is 2.35 bits per heavy atom. The minimum atomic E-state index is -1.37. The molecule has 1 saturated carbocycles. The highest BCUT2D eigenvalue weighted by Crippen LogP contribution is 2.27. The Hall–Kier alpha value is -0.890. The summed E-state index contributed by atoms with van der Waals surface area (Å²) in [4.78, 5) is 2.53.